The van der Waals surface area contributed by atoms with Gasteiger partial charge in [0.15, 0.2) is 0 Å². The lowest BCUT2D eigenvalue weighted by Gasteiger charge is -2.19. The maximum Gasteiger partial charge on any atom is 0.340 e. The van der Waals surface area contributed by atoms with Crippen LogP contribution < -0.4 is 0 Å². The third-order valence-corrected chi connectivity index (χ3v) is 8.99. The molecule has 0 saturated carbocycles. The molecule has 1 aromatic rings. The lowest BCUT2D eigenvalue weighted by molar-refractivity contribution is -0.141. The Morgan fingerprint density at radius 3 is 2.39 bits per heavy atom. The fraction of sp³-hybridized carbons (Fsp3) is 0.343. The molecule has 0 radical (unpaired) electrons. The number of carbonyl (C=O) groups is 2. The summed E-state index contributed by atoms with van der Waals surface area (Å²) < 4.78 is 10.1. The summed E-state index contributed by atoms with van der Waals surface area (Å²) in [4.78, 5) is 43.9. The molecule has 9 nitrogen and oxygen atoms in total. The molecule has 1 aromatic heterocycles. The van der Waals surface area contributed by atoms with Crippen molar-refractivity contribution in [2.45, 2.75) is 53.9 Å². The van der Waals surface area contributed by atoms with Crippen molar-refractivity contribution in [2.75, 3.05) is 14.2 Å². The number of carbonyl (C=O) groups excluding carboxylic acids is 2. The molecule has 0 aromatic carbocycles. The summed E-state index contributed by atoms with van der Waals surface area (Å²) in [5, 5.41) is 10.7. The molecule has 0 aliphatic carbocycles. The van der Waals surface area contributed by atoms with Crippen molar-refractivity contribution >= 4 is 47.3 Å². The molecule has 2 atom stereocenters. The quantitative estimate of drug-likeness (QED) is 0.278. The number of aliphatic imine (C=N–C) groups is 3. The molecule has 0 saturated heterocycles. The second kappa shape index (κ2) is 12.1. The van der Waals surface area contributed by atoms with Crippen LogP contribution in [0.25, 0.3) is 18.2 Å². The first-order valence-electron chi connectivity index (χ1n) is 14.8. The minimum atomic E-state index is -0.571. The third kappa shape index (κ3) is 5.06. The number of allylic oxidation sites excluding steroid dienone is 6. The van der Waals surface area contributed by atoms with Gasteiger partial charge in [0.05, 0.1) is 60.2 Å². The number of aromatic nitrogens is 1. The molecule has 2 N–H and O–H groups in total. The van der Waals surface area contributed by atoms with Crippen LogP contribution in [0.2, 0.25) is 0 Å². The first kappa shape index (κ1) is 30.7. The Bertz CT molecular complexity index is 1770. The van der Waals surface area contributed by atoms with Crippen LogP contribution in [0.15, 0.2) is 78.9 Å². The van der Waals surface area contributed by atoms with Crippen molar-refractivity contribution in [3.63, 3.8) is 0 Å². The maximum absolute atomic E-state index is 13.2. The molecular weight excluding hydrogens is 556 g/mol. The average molecular weight is 595 g/mol. The second-order valence-corrected chi connectivity index (χ2v) is 11.3. The zero-order valence-corrected chi connectivity index (χ0v) is 26.3. The van der Waals surface area contributed by atoms with Gasteiger partial charge in [-0.15, -0.1) is 0 Å². The molecule has 4 aliphatic rings. The van der Waals surface area contributed by atoms with Crippen LogP contribution in [-0.2, 0) is 19.1 Å². The van der Waals surface area contributed by atoms with E-state index in [1.807, 2.05) is 45.1 Å². The van der Waals surface area contributed by atoms with Gasteiger partial charge in [0.2, 0.25) is 0 Å². The molecule has 9 heteroatoms. The van der Waals surface area contributed by atoms with E-state index in [4.69, 9.17) is 24.5 Å². The number of aromatic amines is 1. The summed E-state index contributed by atoms with van der Waals surface area (Å²) in [7, 11) is 2.68. The highest BCUT2D eigenvalue weighted by atomic mass is 16.5. The molecule has 0 fully saturated rings. The number of methoxy groups -OCH3 is 2. The number of ether oxygens (including phenoxy) is 2. The van der Waals surface area contributed by atoms with E-state index in [1.165, 1.54) is 14.2 Å². The van der Waals surface area contributed by atoms with Crippen LogP contribution in [-0.4, -0.2) is 53.4 Å². The average Bonchev–Trinajstić information content (AvgIpc) is 3.69. The molecule has 5 heterocycles. The maximum atomic E-state index is 13.2. The van der Waals surface area contributed by atoms with Crippen LogP contribution in [0.1, 0.15) is 69.5 Å². The Labute approximate surface area is 257 Å². The van der Waals surface area contributed by atoms with E-state index in [1.54, 1.807) is 0 Å². The molecule has 0 spiro atoms. The van der Waals surface area contributed by atoms with Gasteiger partial charge in [-0.05, 0) is 74.1 Å². The molecule has 4 aliphatic heterocycles. The summed E-state index contributed by atoms with van der Waals surface area (Å²) in [6.45, 7) is 14.1. The molecule has 44 heavy (non-hydrogen) atoms. The minimum Gasteiger partial charge on any atom is -0.515 e. The van der Waals surface area contributed by atoms with E-state index >= 15 is 0 Å². The summed E-state index contributed by atoms with van der Waals surface area (Å²) in [6.07, 6.45) is 10.1. The van der Waals surface area contributed by atoms with Gasteiger partial charge < -0.3 is 19.6 Å². The number of hydrogen-bond donors (Lipinski definition) is 2. The third-order valence-electron chi connectivity index (χ3n) is 8.99. The highest BCUT2D eigenvalue weighted by molar-refractivity contribution is 6.39. The van der Waals surface area contributed by atoms with E-state index < -0.39 is 5.97 Å². The molecular formula is C35H38N4O5. The molecule has 8 bridgehead atoms. The van der Waals surface area contributed by atoms with Gasteiger partial charge in [0.25, 0.3) is 0 Å². The van der Waals surface area contributed by atoms with Crippen LogP contribution in [0.4, 0.5) is 0 Å². The molecule has 228 valence electrons. The van der Waals surface area contributed by atoms with E-state index in [9.17, 15) is 14.7 Å². The molecule has 0 unspecified atom stereocenters. The summed E-state index contributed by atoms with van der Waals surface area (Å²) >= 11 is 0. The lowest BCUT2D eigenvalue weighted by atomic mass is 9.82. The lowest BCUT2D eigenvalue weighted by Crippen LogP contribution is -2.26. The van der Waals surface area contributed by atoms with Crippen molar-refractivity contribution in [2.24, 2.45) is 26.8 Å². The van der Waals surface area contributed by atoms with Gasteiger partial charge in [-0.2, -0.15) is 0 Å². The Morgan fingerprint density at radius 1 is 1.02 bits per heavy atom. The summed E-state index contributed by atoms with van der Waals surface area (Å²) in [5.41, 5.74) is 10.7. The summed E-state index contributed by atoms with van der Waals surface area (Å²) in [5.74, 6) is -1.30. The van der Waals surface area contributed by atoms with E-state index in [2.05, 4.69) is 25.4 Å². The van der Waals surface area contributed by atoms with Crippen LogP contribution in [0.3, 0.4) is 0 Å². The van der Waals surface area contributed by atoms with Gasteiger partial charge in [0.1, 0.15) is 0 Å². The second-order valence-electron chi connectivity index (χ2n) is 11.3. The molecule has 5 rings (SSSR count). The fourth-order valence-electron chi connectivity index (χ4n) is 6.38. The number of nitrogens with zero attached hydrogens (tertiary/aromatic N) is 3. The molecule has 0 amide bonds. The van der Waals surface area contributed by atoms with Gasteiger partial charge in [0, 0.05) is 40.9 Å². The van der Waals surface area contributed by atoms with Gasteiger partial charge in [-0.3, -0.25) is 9.79 Å². The normalized spacial score (nSPS) is 21.9. The van der Waals surface area contributed by atoms with Crippen LogP contribution in [0.5, 0.6) is 0 Å². The number of aliphatic hydroxyl groups excluding tert-OH is 1. The van der Waals surface area contributed by atoms with E-state index in [0.717, 1.165) is 63.4 Å². The fourth-order valence-corrected chi connectivity index (χ4v) is 6.38. The number of aliphatic hydroxyl groups is 1. The van der Waals surface area contributed by atoms with Crippen molar-refractivity contribution in [3.8, 4) is 0 Å². The van der Waals surface area contributed by atoms with Crippen molar-refractivity contribution in [1.29, 1.82) is 0 Å². The van der Waals surface area contributed by atoms with Crippen LogP contribution in [0, 0.1) is 18.8 Å². The van der Waals surface area contributed by atoms with E-state index in [0.29, 0.717) is 29.0 Å². The smallest absolute Gasteiger partial charge is 0.340 e. The number of rotatable bonds is 6. The number of nitrogens with one attached hydrogen (secondary N) is 1. The number of H-pyrrole nitrogens is 1. The van der Waals surface area contributed by atoms with Crippen molar-refractivity contribution in [3.05, 3.63) is 86.4 Å². The van der Waals surface area contributed by atoms with Crippen molar-refractivity contribution in [1.82, 2.24) is 4.98 Å². The van der Waals surface area contributed by atoms with Crippen molar-refractivity contribution < 1.29 is 24.2 Å². The standard InChI is InChI=1S/C35H38N4O5/c1-9-21-17(3)25-13-27-19(5)23(11-12-31(41)43-7)33(38-27)24(16-40)34-32(35(42)44-8)20(6)28(39-34)15-30-22(10-2)18(4)26(37-30)14-29(21)36-25/h9,13-16,19,23,36,40H,1,10-12H2,2-8H3/t19-,23-/m0/s1. The Kier molecular flexibility index (Phi) is 8.41. The largest absolute Gasteiger partial charge is 0.515 e. The first-order chi connectivity index (χ1) is 21.1. The summed E-state index contributed by atoms with van der Waals surface area (Å²) in [6, 6.07) is 0. The Balaban J connectivity index is 1.82. The SMILES string of the molecule is C=Cc1c2[nH]c(c1C)C=C1N=C(C(=CO)C3=NC(=CC4=NC(=C2)C(C)=C4CC)C(C)=C3C(=O)OC)[C@@H](CCC(=O)OC)[C@@H]1C. The Morgan fingerprint density at radius 2 is 1.75 bits per heavy atom. The van der Waals surface area contributed by atoms with Crippen LogP contribution >= 0.6 is 0 Å². The monoisotopic (exact) mass is 594 g/mol. The minimum absolute atomic E-state index is 0.125. The number of fused-ring (bicyclic) bond motifs is 5. The zero-order valence-electron chi connectivity index (χ0n) is 26.3. The highest BCUT2D eigenvalue weighted by Crippen LogP contribution is 2.41. The number of hydrogen-bond acceptors (Lipinski definition) is 8. The van der Waals surface area contributed by atoms with Gasteiger partial charge in [-0.1, -0.05) is 26.5 Å². The Hall–Kier alpha value is -4.79. The first-order valence-corrected chi connectivity index (χ1v) is 14.8. The zero-order chi connectivity index (χ0) is 31.9. The number of esters is 2. The highest BCUT2D eigenvalue weighted by Gasteiger charge is 2.40. The topological polar surface area (TPSA) is 126 Å². The van der Waals surface area contributed by atoms with Gasteiger partial charge in [-0.25, -0.2) is 14.8 Å². The predicted molar refractivity (Wildman–Crippen MR) is 174 cm³/mol. The predicted octanol–water partition coefficient (Wildman–Crippen LogP) is 6.77. The van der Waals surface area contributed by atoms with Gasteiger partial charge >= 0.3 is 11.9 Å². The van der Waals surface area contributed by atoms with E-state index in [-0.39, 0.29) is 35.5 Å².